The number of nitrogens with two attached hydrogens (primary N) is 1. The summed E-state index contributed by atoms with van der Waals surface area (Å²) in [6.45, 7) is 4.33. The summed E-state index contributed by atoms with van der Waals surface area (Å²) in [6, 6.07) is 25.7. The van der Waals surface area contributed by atoms with Gasteiger partial charge in [-0.05, 0) is 59.7 Å². The van der Waals surface area contributed by atoms with Gasteiger partial charge in [-0.3, -0.25) is 0 Å². The Morgan fingerprint density at radius 3 is 2.53 bits per heavy atom. The summed E-state index contributed by atoms with van der Waals surface area (Å²) >= 11 is 1.83. The van der Waals surface area contributed by atoms with Gasteiger partial charge in [-0.15, -0.1) is 0 Å². The Labute approximate surface area is 193 Å². The summed E-state index contributed by atoms with van der Waals surface area (Å²) < 4.78 is 2.39. The number of hydrogen-bond acceptors (Lipinski definition) is 2. The summed E-state index contributed by atoms with van der Waals surface area (Å²) in [5.41, 5.74) is 12.6. The Balaban J connectivity index is 1.81. The van der Waals surface area contributed by atoms with Gasteiger partial charge >= 0.3 is 0 Å². The normalized spacial score (nSPS) is 14.4. The van der Waals surface area contributed by atoms with Crippen LogP contribution in [0, 0.1) is 0 Å². The Bertz CT molecular complexity index is 1390. The van der Waals surface area contributed by atoms with E-state index in [2.05, 4.69) is 102 Å². The molecule has 2 heterocycles. The first kappa shape index (κ1) is 20.2. The molecule has 0 bridgehead atoms. The van der Waals surface area contributed by atoms with Crippen LogP contribution in [0.1, 0.15) is 16.8 Å². The molecule has 32 heavy (non-hydrogen) atoms. The van der Waals surface area contributed by atoms with Crippen LogP contribution in [-0.4, -0.2) is 4.57 Å². The van der Waals surface area contributed by atoms with Gasteiger partial charge in [0, 0.05) is 20.9 Å². The second-order valence-corrected chi connectivity index (χ2v) is 8.72. The van der Waals surface area contributed by atoms with Gasteiger partial charge < -0.3 is 10.3 Å². The SMILES string of the molecule is C=C1/C=C\c2c(c3cccc(C/C=C\C=C/N)c3n2-c2ccccc2)Sc2ccccc21. The highest BCUT2D eigenvalue weighted by molar-refractivity contribution is 7.99. The van der Waals surface area contributed by atoms with Gasteiger partial charge in [0.1, 0.15) is 0 Å². The summed E-state index contributed by atoms with van der Waals surface area (Å²) in [4.78, 5) is 2.50. The molecule has 2 nitrogen and oxygen atoms in total. The van der Waals surface area contributed by atoms with E-state index in [0.29, 0.717) is 0 Å². The summed E-state index contributed by atoms with van der Waals surface area (Å²) in [5, 5.41) is 1.26. The number of nitrogens with zero attached hydrogens (tertiary/aromatic N) is 1. The van der Waals surface area contributed by atoms with Crippen LogP contribution < -0.4 is 5.73 Å². The molecular weight excluding hydrogens is 408 g/mol. The number of para-hydroxylation sites is 2. The molecule has 0 saturated heterocycles. The van der Waals surface area contributed by atoms with Gasteiger partial charge in [0.25, 0.3) is 0 Å². The van der Waals surface area contributed by atoms with Crippen molar-refractivity contribution in [3.8, 4) is 5.69 Å². The maximum absolute atomic E-state index is 5.49. The number of allylic oxidation sites excluding steroid dienone is 5. The van der Waals surface area contributed by atoms with Crippen molar-refractivity contribution in [1.29, 1.82) is 0 Å². The van der Waals surface area contributed by atoms with Crippen molar-refractivity contribution in [1.82, 2.24) is 4.57 Å². The summed E-state index contributed by atoms with van der Waals surface area (Å²) in [5.74, 6) is 0. The minimum atomic E-state index is 0.828. The van der Waals surface area contributed by atoms with E-state index in [1.165, 1.54) is 37.5 Å². The standard InChI is InChI=1S/C29H24N2S/c1-21-18-19-26-29(32-27-17-8-7-15-24(21)27)25-16-10-12-22(11-4-3-9-20-30)28(25)31(26)23-13-5-2-6-14-23/h2-10,12-20H,1,11,30H2/b4-3-,19-18-,20-9-. The molecule has 0 spiro atoms. The van der Waals surface area contributed by atoms with Crippen molar-refractivity contribution in [2.75, 3.05) is 0 Å². The zero-order chi connectivity index (χ0) is 21.9. The van der Waals surface area contributed by atoms with Crippen LogP contribution in [0.4, 0.5) is 0 Å². The second kappa shape index (κ2) is 8.81. The monoisotopic (exact) mass is 432 g/mol. The lowest BCUT2D eigenvalue weighted by Gasteiger charge is -2.14. The van der Waals surface area contributed by atoms with Crippen molar-refractivity contribution < 1.29 is 0 Å². The van der Waals surface area contributed by atoms with E-state index in [1.807, 2.05) is 23.9 Å². The Morgan fingerprint density at radius 2 is 1.69 bits per heavy atom. The van der Waals surface area contributed by atoms with E-state index in [0.717, 1.165) is 17.7 Å². The molecule has 0 aliphatic carbocycles. The first-order valence-electron chi connectivity index (χ1n) is 10.7. The molecule has 5 rings (SSSR count). The number of hydrogen-bond donors (Lipinski definition) is 1. The van der Waals surface area contributed by atoms with Crippen molar-refractivity contribution in [2.45, 2.75) is 16.2 Å². The molecular formula is C29H24N2S. The number of rotatable bonds is 4. The topological polar surface area (TPSA) is 30.9 Å². The minimum absolute atomic E-state index is 0.828. The largest absolute Gasteiger partial charge is 0.405 e. The Kier molecular flexibility index (Phi) is 5.57. The highest BCUT2D eigenvalue weighted by Crippen LogP contribution is 2.45. The van der Waals surface area contributed by atoms with E-state index >= 15 is 0 Å². The fourth-order valence-electron chi connectivity index (χ4n) is 4.20. The average molecular weight is 433 g/mol. The minimum Gasteiger partial charge on any atom is -0.405 e. The third-order valence-corrected chi connectivity index (χ3v) is 6.87. The molecule has 1 aliphatic heterocycles. The van der Waals surface area contributed by atoms with Crippen molar-refractivity contribution in [2.24, 2.45) is 5.73 Å². The molecule has 1 aliphatic rings. The van der Waals surface area contributed by atoms with Gasteiger partial charge in [-0.25, -0.2) is 0 Å². The maximum atomic E-state index is 5.49. The van der Waals surface area contributed by atoms with Gasteiger partial charge in [-0.1, -0.05) is 91.2 Å². The zero-order valence-electron chi connectivity index (χ0n) is 17.7. The van der Waals surface area contributed by atoms with E-state index in [1.54, 1.807) is 6.20 Å². The molecule has 0 saturated carbocycles. The van der Waals surface area contributed by atoms with Crippen molar-refractivity contribution >= 4 is 34.3 Å². The summed E-state index contributed by atoms with van der Waals surface area (Å²) in [6.07, 6.45) is 12.7. The van der Waals surface area contributed by atoms with Crippen molar-refractivity contribution in [3.63, 3.8) is 0 Å². The highest BCUT2D eigenvalue weighted by Gasteiger charge is 2.22. The van der Waals surface area contributed by atoms with Gasteiger partial charge in [0.2, 0.25) is 0 Å². The van der Waals surface area contributed by atoms with Gasteiger partial charge in [-0.2, -0.15) is 0 Å². The van der Waals surface area contributed by atoms with Crippen LogP contribution in [-0.2, 0) is 6.42 Å². The molecule has 0 atom stereocenters. The zero-order valence-corrected chi connectivity index (χ0v) is 18.6. The molecule has 3 heteroatoms. The lowest BCUT2D eigenvalue weighted by molar-refractivity contribution is 1.07. The average Bonchev–Trinajstić information content (AvgIpc) is 3.13. The molecule has 0 amide bonds. The van der Waals surface area contributed by atoms with Crippen LogP contribution in [0.3, 0.4) is 0 Å². The quantitative estimate of drug-likeness (QED) is 0.341. The maximum Gasteiger partial charge on any atom is 0.0608 e. The number of aromatic nitrogens is 1. The first-order valence-corrected chi connectivity index (χ1v) is 11.5. The second-order valence-electron chi connectivity index (χ2n) is 7.67. The molecule has 0 unspecified atom stereocenters. The first-order chi connectivity index (χ1) is 15.8. The van der Waals surface area contributed by atoms with E-state index in [-0.39, 0.29) is 0 Å². The molecule has 0 fully saturated rings. The van der Waals surface area contributed by atoms with Crippen molar-refractivity contribution in [3.05, 3.63) is 127 Å². The van der Waals surface area contributed by atoms with Crippen LogP contribution in [0.2, 0.25) is 0 Å². The van der Waals surface area contributed by atoms with Crippen LogP contribution in [0.15, 0.2) is 120 Å². The third-order valence-electron chi connectivity index (χ3n) is 5.66. The molecule has 3 aromatic carbocycles. The third kappa shape index (κ3) is 3.61. The summed E-state index contributed by atoms with van der Waals surface area (Å²) in [7, 11) is 0. The van der Waals surface area contributed by atoms with Crippen LogP contribution >= 0.6 is 11.8 Å². The van der Waals surface area contributed by atoms with E-state index in [9.17, 15) is 0 Å². The van der Waals surface area contributed by atoms with E-state index in [4.69, 9.17) is 5.73 Å². The number of benzene rings is 3. The molecule has 4 aromatic rings. The van der Waals surface area contributed by atoms with Gasteiger partial charge in [0.05, 0.1) is 11.2 Å². The van der Waals surface area contributed by atoms with Gasteiger partial charge in [0.15, 0.2) is 0 Å². The fourth-order valence-corrected chi connectivity index (χ4v) is 5.42. The molecule has 1 aromatic heterocycles. The lowest BCUT2D eigenvalue weighted by Crippen LogP contribution is -1.99. The van der Waals surface area contributed by atoms with Crippen LogP contribution in [0.25, 0.3) is 28.2 Å². The predicted molar refractivity (Wildman–Crippen MR) is 138 cm³/mol. The van der Waals surface area contributed by atoms with E-state index < -0.39 is 0 Å². The molecule has 156 valence electrons. The molecule has 2 N–H and O–H groups in total. The lowest BCUT2D eigenvalue weighted by atomic mass is 10.1. The fraction of sp³-hybridized carbons (Fsp3) is 0.0345. The molecule has 0 radical (unpaired) electrons. The highest BCUT2D eigenvalue weighted by atomic mass is 32.2. The smallest absolute Gasteiger partial charge is 0.0608 e. The Hall–Kier alpha value is -3.69. The Morgan fingerprint density at radius 1 is 0.875 bits per heavy atom. The predicted octanol–water partition coefficient (Wildman–Crippen LogP) is 7.39. The number of fused-ring (bicyclic) bond motifs is 4. The van der Waals surface area contributed by atoms with Crippen LogP contribution in [0.5, 0.6) is 0 Å².